The highest BCUT2D eigenvalue weighted by atomic mass is 79.9. The van der Waals surface area contributed by atoms with Crippen molar-refractivity contribution in [2.45, 2.75) is 39.3 Å². The molecule has 0 bridgehead atoms. The molecule has 5 heteroatoms. The Bertz CT molecular complexity index is 451. The van der Waals surface area contributed by atoms with Crippen molar-refractivity contribution in [2.75, 3.05) is 14.2 Å². The number of amides is 2. The highest BCUT2D eigenvalue weighted by Gasteiger charge is 2.14. The Kier molecular flexibility index (Phi) is 6.85. The van der Waals surface area contributed by atoms with Crippen LogP contribution in [0.5, 0.6) is 5.75 Å². The van der Waals surface area contributed by atoms with Crippen molar-refractivity contribution in [2.24, 2.45) is 0 Å². The fraction of sp³-hybridized carbons (Fsp3) is 0.533. The van der Waals surface area contributed by atoms with Crippen molar-refractivity contribution in [3.05, 3.63) is 28.2 Å². The minimum absolute atomic E-state index is 0.0621. The molecule has 0 spiro atoms. The van der Waals surface area contributed by atoms with E-state index in [0.29, 0.717) is 6.54 Å². The molecule has 20 heavy (non-hydrogen) atoms. The van der Waals surface area contributed by atoms with Crippen LogP contribution in [0.3, 0.4) is 0 Å². The molecule has 0 aliphatic heterocycles. The number of methoxy groups -OCH3 is 1. The predicted octanol–water partition coefficient (Wildman–Crippen LogP) is 3.79. The largest absolute Gasteiger partial charge is 0.496 e. The van der Waals surface area contributed by atoms with Gasteiger partial charge in [0.05, 0.1) is 13.7 Å². The van der Waals surface area contributed by atoms with Crippen LogP contribution in [0.1, 0.15) is 32.3 Å². The van der Waals surface area contributed by atoms with Crippen LogP contribution in [0, 0.1) is 0 Å². The van der Waals surface area contributed by atoms with E-state index in [-0.39, 0.29) is 12.1 Å². The first-order valence-electron chi connectivity index (χ1n) is 6.82. The molecule has 4 nitrogen and oxygen atoms in total. The minimum atomic E-state index is -0.0621. The van der Waals surface area contributed by atoms with Crippen molar-refractivity contribution in [1.82, 2.24) is 10.2 Å². The lowest BCUT2D eigenvalue weighted by molar-refractivity contribution is 0.202. The Morgan fingerprint density at radius 2 is 2.20 bits per heavy atom. The second-order valence-corrected chi connectivity index (χ2v) is 5.87. The summed E-state index contributed by atoms with van der Waals surface area (Å²) in [4.78, 5) is 13.7. The normalized spacial score (nSPS) is 11.8. The summed E-state index contributed by atoms with van der Waals surface area (Å²) in [7, 11) is 3.42. The van der Waals surface area contributed by atoms with Gasteiger partial charge in [0.15, 0.2) is 0 Å². The molecule has 0 aromatic heterocycles. The number of hydrogen-bond acceptors (Lipinski definition) is 2. The Morgan fingerprint density at radius 3 is 2.80 bits per heavy atom. The molecule has 112 valence electrons. The molecule has 0 unspecified atom stereocenters. The van der Waals surface area contributed by atoms with Crippen LogP contribution < -0.4 is 10.1 Å². The van der Waals surface area contributed by atoms with Crippen molar-refractivity contribution < 1.29 is 9.53 Å². The van der Waals surface area contributed by atoms with E-state index in [1.165, 1.54) is 0 Å². The van der Waals surface area contributed by atoms with Crippen LogP contribution in [-0.4, -0.2) is 31.1 Å². The van der Waals surface area contributed by atoms with Gasteiger partial charge >= 0.3 is 6.03 Å². The van der Waals surface area contributed by atoms with Crippen LogP contribution in [0.2, 0.25) is 0 Å². The number of halogens is 1. The van der Waals surface area contributed by atoms with E-state index in [2.05, 4.69) is 28.2 Å². The number of benzene rings is 1. The number of rotatable bonds is 6. The van der Waals surface area contributed by atoms with E-state index >= 15 is 0 Å². The summed E-state index contributed by atoms with van der Waals surface area (Å²) in [5.41, 5.74) is 0.975. The maximum absolute atomic E-state index is 12.1. The first-order valence-corrected chi connectivity index (χ1v) is 7.61. The maximum Gasteiger partial charge on any atom is 0.317 e. The SMILES string of the molecule is CCC[C@@H](C)NC(=O)N(C)Cc1cc(Br)ccc1OC. The van der Waals surface area contributed by atoms with Gasteiger partial charge in [0.1, 0.15) is 5.75 Å². The number of carbonyl (C=O) groups excluding carboxylic acids is 1. The summed E-state index contributed by atoms with van der Waals surface area (Å²) < 4.78 is 6.29. The van der Waals surface area contributed by atoms with E-state index < -0.39 is 0 Å². The van der Waals surface area contributed by atoms with Gasteiger partial charge in [-0.2, -0.15) is 0 Å². The number of urea groups is 1. The molecule has 1 atom stereocenters. The topological polar surface area (TPSA) is 41.6 Å². The highest BCUT2D eigenvalue weighted by Crippen LogP contribution is 2.24. The molecule has 0 aliphatic carbocycles. The molecule has 2 amide bonds. The third-order valence-corrected chi connectivity index (χ3v) is 3.58. The summed E-state index contributed by atoms with van der Waals surface area (Å²) in [6.45, 7) is 4.64. The molecule has 0 fully saturated rings. The van der Waals surface area contributed by atoms with Crippen LogP contribution in [-0.2, 0) is 6.54 Å². The molecular formula is C15H23BrN2O2. The summed E-state index contributed by atoms with van der Waals surface area (Å²) in [5, 5.41) is 2.99. The Balaban J connectivity index is 2.67. The van der Waals surface area contributed by atoms with Gasteiger partial charge in [-0.25, -0.2) is 4.79 Å². The molecule has 1 rings (SSSR count). The summed E-state index contributed by atoms with van der Waals surface area (Å²) >= 11 is 3.44. The van der Waals surface area contributed by atoms with Crippen LogP contribution in [0.25, 0.3) is 0 Å². The molecular weight excluding hydrogens is 320 g/mol. The molecule has 0 aliphatic rings. The lowest BCUT2D eigenvalue weighted by Gasteiger charge is -2.22. The molecule has 1 N–H and O–H groups in total. The quantitative estimate of drug-likeness (QED) is 0.854. The lowest BCUT2D eigenvalue weighted by atomic mass is 10.2. The van der Waals surface area contributed by atoms with E-state index in [4.69, 9.17) is 4.74 Å². The maximum atomic E-state index is 12.1. The fourth-order valence-corrected chi connectivity index (χ4v) is 2.43. The smallest absolute Gasteiger partial charge is 0.317 e. The Morgan fingerprint density at radius 1 is 1.50 bits per heavy atom. The third-order valence-electron chi connectivity index (χ3n) is 3.09. The Labute approximate surface area is 129 Å². The van der Waals surface area contributed by atoms with Crippen LogP contribution in [0.15, 0.2) is 22.7 Å². The van der Waals surface area contributed by atoms with Crippen LogP contribution in [0.4, 0.5) is 4.79 Å². The fourth-order valence-electron chi connectivity index (χ4n) is 2.02. The summed E-state index contributed by atoms with van der Waals surface area (Å²) in [5.74, 6) is 0.787. The van der Waals surface area contributed by atoms with Crippen molar-refractivity contribution >= 4 is 22.0 Å². The zero-order valence-corrected chi connectivity index (χ0v) is 14.2. The first kappa shape index (κ1) is 16.8. The standard InChI is InChI=1S/C15H23BrN2O2/c1-5-6-11(2)17-15(19)18(3)10-12-9-13(16)7-8-14(12)20-4/h7-9,11H,5-6,10H2,1-4H3,(H,17,19)/t11-/m1/s1. The number of ether oxygens (including phenoxy) is 1. The van der Waals surface area contributed by atoms with Crippen molar-refractivity contribution in [1.29, 1.82) is 0 Å². The Hall–Kier alpha value is -1.23. The van der Waals surface area contributed by atoms with Crippen molar-refractivity contribution in [3.8, 4) is 5.75 Å². The van der Waals surface area contributed by atoms with Gasteiger partial charge in [0, 0.05) is 23.1 Å². The number of nitrogens with one attached hydrogen (secondary N) is 1. The molecule has 0 heterocycles. The average Bonchev–Trinajstić information content (AvgIpc) is 2.39. The lowest BCUT2D eigenvalue weighted by Crippen LogP contribution is -2.41. The third kappa shape index (κ3) is 5.04. The van der Waals surface area contributed by atoms with E-state index in [9.17, 15) is 4.79 Å². The molecule has 0 saturated heterocycles. The minimum Gasteiger partial charge on any atom is -0.496 e. The van der Waals surface area contributed by atoms with Gasteiger partial charge in [-0.15, -0.1) is 0 Å². The van der Waals surface area contributed by atoms with Crippen LogP contribution >= 0.6 is 15.9 Å². The van der Waals surface area contributed by atoms with E-state index in [0.717, 1.165) is 28.6 Å². The van der Waals surface area contributed by atoms with E-state index in [1.54, 1.807) is 19.1 Å². The van der Waals surface area contributed by atoms with Gasteiger partial charge in [-0.05, 0) is 31.5 Å². The van der Waals surface area contributed by atoms with Gasteiger partial charge < -0.3 is 15.0 Å². The van der Waals surface area contributed by atoms with Gasteiger partial charge in [0.2, 0.25) is 0 Å². The van der Waals surface area contributed by atoms with Gasteiger partial charge in [-0.3, -0.25) is 0 Å². The zero-order valence-electron chi connectivity index (χ0n) is 12.6. The predicted molar refractivity (Wildman–Crippen MR) is 85.1 cm³/mol. The first-order chi connectivity index (χ1) is 9.47. The van der Waals surface area contributed by atoms with Gasteiger partial charge in [0.25, 0.3) is 0 Å². The summed E-state index contributed by atoms with van der Waals surface area (Å²) in [6, 6.07) is 5.92. The average molecular weight is 343 g/mol. The molecule has 1 aromatic rings. The molecule has 0 saturated carbocycles. The second-order valence-electron chi connectivity index (χ2n) is 4.95. The number of nitrogens with zero attached hydrogens (tertiary/aromatic N) is 1. The summed E-state index contributed by atoms with van der Waals surface area (Å²) in [6.07, 6.45) is 2.05. The second kappa shape index (κ2) is 8.15. The number of hydrogen-bond donors (Lipinski definition) is 1. The highest BCUT2D eigenvalue weighted by molar-refractivity contribution is 9.10. The van der Waals surface area contributed by atoms with Crippen molar-refractivity contribution in [3.63, 3.8) is 0 Å². The molecule has 0 radical (unpaired) electrons. The molecule has 1 aromatic carbocycles. The van der Waals surface area contributed by atoms with E-state index in [1.807, 2.05) is 25.1 Å². The number of carbonyl (C=O) groups is 1. The van der Waals surface area contributed by atoms with Gasteiger partial charge in [-0.1, -0.05) is 29.3 Å². The monoisotopic (exact) mass is 342 g/mol. The zero-order chi connectivity index (χ0) is 15.1.